The molecular weight excluding hydrogens is 361 g/mol. The normalized spacial score (nSPS) is 10.7. The van der Waals surface area contributed by atoms with Crippen LogP contribution in [0.1, 0.15) is 24.0 Å². The number of halogens is 2. The van der Waals surface area contributed by atoms with Crippen LogP contribution in [0.4, 0.5) is 0 Å². The molecular formula is C19H23Cl2NO3. The summed E-state index contributed by atoms with van der Waals surface area (Å²) in [6.07, 6.45) is 1.73. The predicted molar refractivity (Wildman–Crippen MR) is 102 cm³/mol. The summed E-state index contributed by atoms with van der Waals surface area (Å²) in [5, 5.41) is 13.3. The van der Waals surface area contributed by atoms with E-state index in [0.717, 1.165) is 30.5 Å². The summed E-state index contributed by atoms with van der Waals surface area (Å²) in [6, 6.07) is 11.3. The van der Waals surface area contributed by atoms with Crippen LogP contribution in [0.3, 0.4) is 0 Å². The molecule has 0 unspecified atom stereocenters. The Bertz CT molecular complexity index is 680. The van der Waals surface area contributed by atoms with Crippen LogP contribution in [0, 0.1) is 0 Å². The summed E-state index contributed by atoms with van der Waals surface area (Å²) < 4.78 is 11.3. The number of hydrogen-bond acceptors (Lipinski definition) is 4. The van der Waals surface area contributed by atoms with Gasteiger partial charge in [-0.1, -0.05) is 35.3 Å². The molecule has 0 saturated heterocycles. The molecule has 0 heterocycles. The van der Waals surface area contributed by atoms with Crippen molar-refractivity contribution >= 4 is 23.2 Å². The third-order valence-corrected chi connectivity index (χ3v) is 4.17. The smallest absolute Gasteiger partial charge is 0.180 e. The van der Waals surface area contributed by atoms with Gasteiger partial charge in [0.05, 0.1) is 12.1 Å². The summed E-state index contributed by atoms with van der Waals surface area (Å²) >= 11 is 12.4. The Morgan fingerprint density at radius 1 is 1.08 bits per heavy atom. The van der Waals surface area contributed by atoms with Gasteiger partial charge in [0, 0.05) is 18.2 Å². The Morgan fingerprint density at radius 3 is 2.64 bits per heavy atom. The van der Waals surface area contributed by atoms with Crippen LogP contribution in [0.15, 0.2) is 36.4 Å². The number of methoxy groups -OCH3 is 1. The molecule has 0 aliphatic carbocycles. The van der Waals surface area contributed by atoms with Crippen molar-refractivity contribution in [2.24, 2.45) is 0 Å². The fourth-order valence-electron chi connectivity index (χ4n) is 2.39. The van der Waals surface area contributed by atoms with Crippen molar-refractivity contribution in [3.63, 3.8) is 0 Å². The first kappa shape index (κ1) is 19.9. The molecule has 4 nitrogen and oxygen atoms in total. The number of ether oxygens (including phenoxy) is 2. The Labute approximate surface area is 158 Å². The number of hydrogen-bond donors (Lipinski definition) is 2. The molecule has 0 spiro atoms. The summed E-state index contributed by atoms with van der Waals surface area (Å²) in [4.78, 5) is 0. The molecule has 25 heavy (non-hydrogen) atoms. The summed E-state index contributed by atoms with van der Waals surface area (Å²) in [5.41, 5.74) is 1.97. The molecule has 0 aliphatic heterocycles. The number of aliphatic hydroxyl groups excluding tert-OH is 1. The number of benzene rings is 2. The van der Waals surface area contributed by atoms with E-state index in [4.69, 9.17) is 37.8 Å². The van der Waals surface area contributed by atoms with E-state index >= 15 is 0 Å². The van der Waals surface area contributed by atoms with Gasteiger partial charge in [0.25, 0.3) is 0 Å². The first-order chi connectivity index (χ1) is 12.1. The Balaban J connectivity index is 2.00. The topological polar surface area (TPSA) is 50.7 Å². The lowest BCUT2D eigenvalue weighted by atomic mass is 10.2. The molecule has 6 heteroatoms. The first-order valence-electron chi connectivity index (χ1n) is 8.19. The highest BCUT2D eigenvalue weighted by atomic mass is 35.5. The van der Waals surface area contributed by atoms with Crippen molar-refractivity contribution < 1.29 is 14.6 Å². The van der Waals surface area contributed by atoms with Crippen molar-refractivity contribution in [2.45, 2.75) is 26.0 Å². The van der Waals surface area contributed by atoms with Gasteiger partial charge >= 0.3 is 0 Å². The zero-order chi connectivity index (χ0) is 18.1. The predicted octanol–water partition coefficient (Wildman–Crippen LogP) is 4.44. The van der Waals surface area contributed by atoms with E-state index in [1.807, 2.05) is 36.4 Å². The molecule has 0 fully saturated rings. The average Bonchev–Trinajstić information content (AvgIpc) is 2.60. The minimum absolute atomic E-state index is 0.222. The molecule has 0 amide bonds. The molecule has 2 aromatic rings. The Morgan fingerprint density at radius 2 is 1.92 bits per heavy atom. The number of rotatable bonds is 10. The highest BCUT2D eigenvalue weighted by Gasteiger charge is 2.12. The molecule has 0 bridgehead atoms. The van der Waals surface area contributed by atoms with Gasteiger partial charge in [-0.05, 0) is 54.8 Å². The summed E-state index contributed by atoms with van der Waals surface area (Å²) in [6.45, 7) is 2.10. The lowest BCUT2D eigenvalue weighted by molar-refractivity contribution is 0.283. The maximum atomic E-state index is 8.78. The third kappa shape index (κ3) is 6.40. The van der Waals surface area contributed by atoms with Crippen LogP contribution in [0.25, 0.3) is 0 Å². The van der Waals surface area contributed by atoms with Gasteiger partial charge in [0.2, 0.25) is 0 Å². The van der Waals surface area contributed by atoms with Crippen LogP contribution >= 0.6 is 23.2 Å². The van der Waals surface area contributed by atoms with Gasteiger partial charge in [-0.2, -0.15) is 0 Å². The molecule has 2 rings (SSSR count). The minimum Gasteiger partial charge on any atom is -0.493 e. The second kappa shape index (κ2) is 10.5. The van der Waals surface area contributed by atoms with E-state index in [2.05, 4.69) is 5.32 Å². The van der Waals surface area contributed by atoms with Gasteiger partial charge in [0.1, 0.15) is 6.61 Å². The Hall–Kier alpha value is -1.46. The van der Waals surface area contributed by atoms with Gasteiger partial charge in [0.15, 0.2) is 11.5 Å². The Kier molecular flexibility index (Phi) is 8.35. The fourth-order valence-corrected chi connectivity index (χ4v) is 2.89. The largest absolute Gasteiger partial charge is 0.493 e. The summed E-state index contributed by atoms with van der Waals surface area (Å²) in [5.74, 6) is 1.12. The van der Waals surface area contributed by atoms with Crippen molar-refractivity contribution in [3.05, 3.63) is 57.6 Å². The van der Waals surface area contributed by atoms with Crippen LogP contribution in [0.5, 0.6) is 11.5 Å². The fraction of sp³-hybridized carbons (Fsp3) is 0.368. The van der Waals surface area contributed by atoms with Gasteiger partial charge in [-0.25, -0.2) is 0 Å². The van der Waals surface area contributed by atoms with Crippen molar-refractivity contribution in [2.75, 3.05) is 20.3 Å². The quantitative estimate of drug-likeness (QED) is 0.595. The maximum Gasteiger partial charge on any atom is 0.180 e. The molecule has 0 radical (unpaired) electrons. The minimum atomic E-state index is 0.222. The van der Waals surface area contributed by atoms with E-state index in [-0.39, 0.29) is 6.61 Å². The van der Waals surface area contributed by atoms with Crippen LogP contribution in [-0.4, -0.2) is 25.4 Å². The molecule has 2 N–H and O–H groups in total. The van der Waals surface area contributed by atoms with E-state index in [9.17, 15) is 0 Å². The van der Waals surface area contributed by atoms with Gasteiger partial charge in [-0.3, -0.25) is 0 Å². The van der Waals surface area contributed by atoms with Crippen molar-refractivity contribution in [1.82, 2.24) is 5.32 Å². The molecule has 0 atom stereocenters. The maximum absolute atomic E-state index is 8.78. The van der Waals surface area contributed by atoms with Crippen LogP contribution in [-0.2, 0) is 13.2 Å². The number of nitrogens with one attached hydrogen (secondary N) is 1. The molecule has 0 aliphatic rings. The third-order valence-electron chi connectivity index (χ3n) is 3.65. The van der Waals surface area contributed by atoms with E-state index in [1.54, 1.807) is 7.11 Å². The molecule has 2 aromatic carbocycles. The first-order valence-corrected chi connectivity index (χ1v) is 8.95. The molecule has 0 saturated carbocycles. The second-order valence-corrected chi connectivity index (χ2v) is 6.48. The lowest BCUT2D eigenvalue weighted by Crippen LogP contribution is -2.15. The SMILES string of the molecule is COc1cc(CNCCCCO)cc(Cl)c1OCc1cccc(Cl)c1. The highest BCUT2D eigenvalue weighted by Crippen LogP contribution is 2.37. The lowest BCUT2D eigenvalue weighted by Gasteiger charge is -2.15. The van der Waals surface area contributed by atoms with E-state index < -0.39 is 0 Å². The molecule has 136 valence electrons. The van der Waals surface area contributed by atoms with Crippen LogP contribution in [0.2, 0.25) is 10.0 Å². The monoisotopic (exact) mass is 383 g/mol. The van der Waals surface area contributed by atoms with E-state index in [1.165, 1.54) is 0 Å². The molecule has 0 aromatic heterocycles. The van der Waals surface area contributed by atoms with Gasteiger partial charge in [-0.15, -0.1) is 0 Å². The zero-order valence-corrected chi connectivity index (χ0v) is 15.7. The van der Waals surface area contributed by atoms with Crippen LogP contribution < -0.4 is 14.8 Å². The summed E-state index contributed by atoms with van der Waals surface area (Å²) in [7, 11) is 1.59. The van der Waals surface area contributed by atoms with E-state index in [0.29, 0.717) is 34.7 Å². The number of aliphatic hydroxyl groups is 1. The standard InChI is InChI=1S/C19H23Cl2NO3/c1-24-18-11-15(12-22-7-2-3-8-23)10-17(21)19(18)25-13-14-5-4-6-16(20)9-14/h4-6,9-11,22-23H,2-3,7-8,12-13H2,1H3. The number of unbranched alkanes of at least 4 members (excludes halogenated alkanes) is 1. The van der Waals surface area contributed by atoms with Crippen molar-refractivity contribution in [1.29, 1.82) is 0 Å². The van der Waals surface area contributed by atoms with Crippen molar-refractivity contribution in [3.8, 4) is 11.5 Å². The second-order valence-electron chi connectivity index (χ2n) is 5.64. The van der Waals surface area contributed by atoms with Gasteiger partial charge < -0.3 is 19.9 Å². The average molecular weight is 384 g/mol. The zero-order valence-electron chi connectivity index (χ0n) is 14.2. The highest BCUT2D eigenvalue weighted by molar-refractivity contribution is 6.32.